The fourth-order valence-corrected chi connectivity index (χ4v) is 5.22. The number of hydrogen-bond donors (Lipinski definition) is 14. The van der Waals surface area contributed by atoms with Crippen molar-refractivity contribution in [2.75, 3.05) is 13.2 Å². The third kappa shape index (κ3) is 5.12. The number of aliphatic hydroxyl groups is 5. The molecule has 0 aliphatic heterocycles. The van der Waals surface area contributed by atoms with Crippen LogP contribution in [0.3, 0.4) is 0 Å². The van der Waals surface area contributed by atoms with Gasteiger partial charge in [-0.05, 0) is 12.1 Å². The average Bonchev–Trinajstić information content (AvgIpc) is 3.06. The van der Waals surface area contributed by atoms with Crippen LogP contribution < -0.4 is 11.3 Å². The number of aliphatic hydroxyl groups excluding tert-OH is 5. The van der Waals surface area contributed by atoms with E-state index in [1.807, 2.05) is 0 Å². The van der Waals surface area contributed by atoms with E-state index in [0.29, 0.717) is 12.1 Å². The van der Waals surface area contributed by atoms with Crippen molar-refractivity contribution >= 4 is 44.4 Å². The molecule has 3 aromatic carbocycles. The highest BCUT2D eigenvalue weighted by atomic mass is 16.4. The van der Waals surface area contributed by atoms with Crippen molar-refractivity contribution in [2.24, 2.45) is 4.99 Å². The minimum Gasteiger partial charge on any atom is -0.504 e. The van der Waals surface area contributed by atoms with E-state index in [1.54, 1.807) is 0 Å². The number of carbonyl (C=O) groups is 1. The van der Waals surface area contributed by atoms with E-state index in [4.69, 9.17) is 13.9 Å². The van der Waals surface area contributed by atoms with Gasteiger partial charge in [-0.15, -0.1) is 0 Å². The van der Waals surface area contributed by atoms with Gasteiger partial charge < -0.3 is 80.3 Å². The van der Waals surface area contributed by atoms with Gasteiger partial charge in [-0.3, -0.25) is 4.79 Å². The largest absolute Gasteiger partial charge is 0.504 e. The monoisotopic (exact) mass is 689 g/mol. The zero-order chi connectivity index (χ0) is 36.4. The van der Waals surface area contributed by atoms with E-state index in [2.05, 4.69) is 4.99 Å². The summed E-state index contributed by atoms with van der Waals surface area (Å²) < 4.78 is 10.1. The molecule has 2 aromatic heterocycles. The number of fused-ring (bicyclic) bond motifs is 4. The van der Waals surface area contributed by atoms with Gasteiger partial charge in [0.2, 0.25) is 23.1 Å². The number of phenols is 8. The Morgan fingerprint density at radius 1 is 0.694 bits per heavy atom. The number of carboxylic acid groups (broad SMARTS) is 1. The Morgan fingerprint density at radius 2 is 1.33 bits per heavy atom. The van der Waals surface area contributed by atoms with Gasteiger partial charge in [0, 0.05) is 27.3 Å². The summed E-state index contributed by atoms with van der Waals surface area (Å²) in [5.74, 6) is -14.8. The van der Waals surface area contributed by atoms with Crippen LogP contribution in [0.5, 0.6) is 46.0 Å². The lowest BCUT2D eigenvalue weighted by Crippen LogP contribution is -2.35. The van der Waals surface area contributed by atoms with Crippen LogP contribution >= 0.6 is 0 Å². The third-order valence-electron chi connectivity index (χ3n) is 7.52. The summed E-state index contributed by atoms with van der Waals surface area (Å²) in [7, 11) is 0. The van der Waals surface area contributed by atoms with Crippen LogP contribution in [-0.4, -0.2) is 109 Å². The average molecular weight is 689 g/mol. The fraction of sp³-hybridized carbons (Fsp3) is 0.172. The second kappa shape index (κ2) is 12.0. The van der Waals surface area contributed by atoms with Gasteiger partial charge in [0.25, 0.3) is 0 Å². The van der Waals surface area contributed by atoms with Crippen LogP contribution in [0.15, 0.2) is 35.5 Å². The molecule has 3 atom stereocenters. The van der Waals surface area contributed by atoms with E-state index in [0.717, 1.165) is 0 Å². The standard InChI is InChI=1S/C29H23NO19/c31-4-8(33)19(38)20(39)9-2-5-12(29(47)48-9)13(22(41)24(43)17(5)36)14-16(27(45)30-3-10(34)35)15-11-6(1-7(32)18(37)21(11)40)28(46)49-26(15)25(44)23(14)42/h1-2,8,19-20,31-33,36-44H,3-4H2,(H,30,45)(H,34,35). The SMILES string of the molecule is O=C(O)CN=C(O)c1c(-c2c(O)c(O)c(O)c3cc(C(O)C(O)C(O)CO)oc(=O)c23)c(O)c(O)c2oc(=O)c3cc(O)c(O)c(O)c3c12. The van der Waals surface area contributed by atoms with Gasteiger partial charge in [0.1, 0.15) is 30.6 Å². The highest BCUT2D eigenvalue weighted by molar-refractivity contribution is 6.25. The number of phenolic OH excluding ortho intramolecular Hbond substituents is 8. The number of nitrogens with zero attached hydrogens (tertiary/aromatic N) is 1. The van der Waals surface area contributed by atoms with Gasteiger partial charge in [-0.1, -0.05) is 0 Å². The molecule has 0 radical (unpaired) electrons. The zero-order valence-electron chi connectivity index (χ0n) is 24.1. The summed E-state index contributed by atoms with van der Waals surface area (Å²) in [5.41, 5.74) is -7.48. The molecule has 5 aromatic rings. The van der Waals surface area contributed by atoms with Crippen molar-refractivity contribution in [3.63, 3.8) is 0 Å². The summed E-state index contributed by atoms with van der Waals surface area (Å²) in [4.78, 5) is 41.0. The first-order valence-corrected chi connectivity index (χ1v) is 13.4. The zero-order valence-corrected chi connectivity index (χ0v) is 24.1. The quantitative estimate of drug-likeness (QED) is 0.0321. The lowest BCUT2D eigenvalue weighted by molar-refractivity contribution is -0.135. The number of aromatic hydroxyl groups is 8. The number of rotatable bonds is 8. The molecule has 0 fully saturated rings. The molecule has 0 saturated carbocycles. The van der Waals surface area contributed by atoms with Gasteiger partial charge in [0.05, 0.1) is 22.9 Å². The Labute approximate surface area is 267 Å². The molecule has 0 aliphatic rings. The lowest BCUT2D eigenvalue weighted by atomic mass is 9.88. The predicted octanol–water partition coefficient (Wildman–Crippen LogP) is -0.499. The summed E-state index contributed by atoms with van der Waals surface area (Å²) in [6.07, 6.45) is -6.45. The molecule has 14 N–H and O–H groups in total. The molecule has 3 unspecified atom stereocenters. The maximum Gasteiger partial charge on any atom is 0.344 e. The maximum absolute atomic E-state index is 13.5. The summed E-state index contributed by atoms with van der Waals surface area (Å²) in [5, 5.41) is 141. The number of carboxylic acids is 1. The van der Waals surface area contributed by atoms with Crippen LogP contribution in [0.4, 0.5) is 0 Å². The van der Waals surface area contributed by atoms with Crippen molar-refractivity contribution in [1.82, 2.24) is 0 Å². The number of aliphatic carboxylic acids is 1. The first-order valence-electron chi connectivity index (χ1n) is 13.4. The molecule has 49 heavy (non-hydrogen) atoms. The summed E-state index contributed by atoms with van der Waals surface area (Å²) in [6, 6.07) is 1.20. The Hall–Kier alpha value is -6.48. The molecular formula is C29H23NO19. The molecule has 2 heterocycles. The highest BCUT2D eigenvalue weighted by Crippen LogP contribution is 2.56. The van der Waals surface area contributed by atoms with E-state index < -0.39 is 156 Å². The molecule has 258 valence electrons. The second-order valence-electron chi connectivity index (χ2n) is 10.4. The molecule has 0 amide bonds. The predicted molar refractivity (Wildman–Crippen MR) is 161 cm³/mol. The van der Waals surface area contributed by atoms with Gasteiger partial charge in [-0.2, -0.15) is 0 Å². The van der Waals surface area contributed by atoms with E-state index >= 15 is 0 Å². The van der Waals surface area contributed by atoms with Crippen molar-refractivity contribution in [2.45, 2.75) is 18.3 Å². The Morgan fingerprint density at radius 3 is 1.94 bits per heavy atom. The van der Waals surface area contributed by atoms with Crippen LogP contribution in [-0.2, 0) is 4.79 Å². The first kappa shape index (κ1) is 33.9. The van der Waals surface area contributed by atoms with Gasteiger partial charge >= 0.3 is 17.2 Å². The lowest BCUT2D eigenvalue weighted by Gasteiger charge is -2.22. The molecule has 0 bridgehead atoms. The Kier molecular flexibility index (Phi) is 8.26. The molecule has 0 spiro atoms. The minimum atomic E-state index is -2.28. The van der Waals surface area contributed by atoms with E-state index in [1.165, 1.54) is 0 Å². The Balaban J connectivity index is 2.08. The fourth-order valence-electron chi connectivity index (χ4n) is 5.22. The summed E-state index contributed by atoms with van der Waals surface area (Å²) in [6.45, 7) is -2.29. The van der Waals surface area contributed by atoms with Crippen molar-refractivity contribution in [3.8, 4) is 57.1 Å². The maximum atomic E-state index is 13.5. The van der Waals surface area contributed by atoms with Crippen molar-refractivity contribution in [3.05, 3.63) is 44.3 Å². The van der Waals surface area contributed by atoms with Gasteiger partial charge in [-0.25, -0.2) is 14.6 Å². The van der Waals surface area contributed by atoms with E-state index in [-0.39, 0.29) is 0 Å². The van der Waals surface area contributed by atoms with Crippen LogP contribution in [0.1, 0.15) is 17.4 Å². The van der Waals surface area contributed by atoms with E-state index in [9.17, 15) is 80.8 Å². The molecule has 0 saturated heterocycles. The molecule has 5 rings (SSSR count). The second-order valence-corrected chi connectivity index (χ2v) is 10.4. The topological polar surface area (TPSA) is 373 Å². The van der Waals surface area contributed by atoms with Crippen LogP contribution in [0.25, 0.3) is 43.6 Å². The summed E-state index contributed by atoms with van der Waals surface area (Å²) >= 11 is 0. The first-order chi connectivity index (χ1) is 22.9. The van der Waals surface area contributed by atoms with Crippen LogP contribution in [0, 0.1) is 0 Å². The number of benzene rings is 3. The smallest absolute Gasteiger partial charge is 0.344 e. The van der Waals surface area contributed by atoms with Crippen LogP contribution in [0.2, 0.25) is 0 Å². The molecule has 0 aliphatic carbocycles. The molecule has 20 heteroatoms. The Bertz CT molecular complexity index is 2370. The molecule has 20 nitrogen and oxygen atoms in total. The number of aliphatic imine (C=N–C) groups is 1. The third-order valence-corrected chi connectivity index (χ3v) is 7.52. The highest BCUT2D eigenvalue weighted by Gasteiger charge is 2.35. The number of hydrogen-bond acceptors (Lipinski definition) is 18. The minimum absolute atomic E-state index is 0.581. The molecular weight excluding hydrogens is 666 g/mol. The normalized spacial score (nSPS) is 14.0. The van der Waals surface area contributed by atoms with Crippen molar-refractivity contribution < 1.29 is 85.1 Å². The van der Waals surface area contributed by atoms with Crippen molar-refractivity contribution in [1.29, 1.82) is 0 Å². The van der Waals surface area contributed by atoms with Gasteiger partial charge in [0.15, 0.2) is 34.3 Å².